The number of amides is 4. The SMILES string of the molecule is Cc1cccc(CC(=O)N2CCC([C@@]3(Cc4ccc(F)cc4)NC(=O)N([C@H]4CCOC4)C3=O)CC2)c1. The van der Waals surface area contributed by atoms with Gasteiger partial charge in [-0.05, 0) is 55.4 Å². The molecule has 0 bridgehead atoms. The highest BCUT2D eigenvalue weighted by atomic mass is 19.1. The molecule has 3 saturated heterocycles. The van der Waals surface area contributed by atoms with Crippen molar-refractivity contribution in [2.24, 2.45) is 5.92 Å². The average Bonchev–Trinajstić information content (AvgIpc) is 3.47. The van der Waals surface area contributed by atoms with Crippen molar-refractivity contribution in [2.45, 2.75) is 50.6 Å². The van der Waals surface area contributed by atoms with E-state index in [1.165, 1.54) is 17.0 Å². The van der Waals surface area contributed by atoms with Crippen molar-refractivity contribution in [2.75, 3.05) is 26.3 Å². The molecule has 3 fully saturated rings. The lowest BCUT2D eigenvalue weighted by molar-refractivity contribution is -0.137. The Hall–Kier alpha value is -3.26. The maximum atomic E-state index is 13.9. The molecule has 4 amide bonds. The number of nitrogens with zero attached hydrogens (tertiary/aromatic N) is 2. The quantitative estimate of drug-likeness (QED) is 0.627. The van der Waals surface area contributed by atoms with Crippen LogP contribution in [0.5, 0.6) is 0 Å². The monoisotopic (exact) mass is 493 g/mol. The van der Waals surface area contributed by atoms with E-state index < -0.39 is 11.6 Å². The number of hydrogen-bond acceptors (Lipinski definition) is 4. The fourth-order valence-corrected chi connectivity index (χ4v) is 5.86. The summed E-state index contributed by atoms with van der Waals surface area (Å²) in [6.45, 7) is 3.92. The summed E-state index contributed by atoms with van der Waals surface area (Å²) in [5.74, 6) is -0.663. The molecule has 3 aliphatic heterocycles. The second-order valence-electron chi connectivity index (χ2n) is 10.2. The Bertz CT molecular complexity index is 1140. The Morgan fingerprint density at radius 3 is 2.50 bits per heavy atom. The lowest BCUT2D eigenvalue weighted by atomic mass is 9.73. The highest BCUT2D eigenvalue weighted by Gasteiger charge is 2.57. The zero-order valence-electron chi connectivity index (χ0n) is 20.5. The van der Waals surface area contributed by atoms with Crippen LogP contribution in [0.25, 0.3) is 0 Å². The van der Waals surface area contributed by atoms with Gasteiger partial charge in [-0.15, -0.1) is 0 Å². The molecule has 1 N–H and O–H groups in total. The third-order valence-corrected chi connectivity index (χ3v) is 7.80. The largest absolute Gasteiger partial charge is 0.379 e. The van der Waals surface area contributed by atoms with E-state index in [0.29, 0.717) is 52.0 Å². The van der Waals surface area contributed by atoms with E-state index in [4.69, 9.17) is 4.74 Å². The van der Waals surface area contributed by atoms with Crippen LogP contribution in [0.4, 0.5) is 9.18 Å². The van der Waals surface area contributed by atoms with Crippen LogP contribution in [0.2, 0.25) is 0 Å². The van der Waals surface area contributed by atoms with Crippen molar-refractivity contribution < 1.29 is 23.5 Å². The molecule has 190 valence electrons. The minimum Gasteiger partial charge on any atom is -0.379 e. The Balaban J connectivity index is 1.34. The number of benzene rings is 2. The highest BCUT2D eigenvalue weighted by molar-refractivity contribution is 6.07. The van der Waals surface area contributed by atoms with Gasteiger partial charge in [-0.1, -0.05) is 42.0 Å². The molecule has 0 saturated carbocycles. The molecule has 3 aliphatic rings. The van der Waals surface area contributed by atoms with Crippen LogP contribution in [-0.4, -0.2) is 65.5 Å². The maximum absolute atomic E-state index is 13.9. The number of piperidine rings is 1. The second kappa shape index (κ2) is 10.0. The molecule has 2 aromatic carbocycles. The molecular formula is C28H32FN3O4. The van der Waals surface area contributed by atoms with E-state index in [1.54, 1.807) is 12.1 Å². The number of carbonyl (C=O) groups is 3. The number of rotatable bonds is 6. The van der Waals surface area contributed by atoms with Gasteiger partial charge < -0.3 is 15.0 Å². The van der Waals surface area contributed by atoms with Crippen LogP contribution >= 0.6 is 0 Å². The lowest BCUT2D eigenvalue weighted by Gasteiger charge is -2.41. The van der Waals surface area contributed by atoms with E-state index in [-0.39, 0.29) is 36.0 Å². The summed E-state index contributed by atoms with van der Waals surface area (Å²) in [6.07, 6.45) is 2.45. The standard InChI is InChI=1S/C28H32FN3O4/c1-19-3-2-4-21(15-19)16-25(33)31-12-9-22(10-13-31)28(17-20-5-7-23(29)8-6-20)26(34)32(27(35)30-28)24-11-14-36-18-24/h2-8,15,22,24H,9-14,16-18H2,1H3,(H,30,35)/t24-,28+/m0/s1. The predicted octanol–water partition coefficient (Wildman–Crippen LogP) is 3.24. The van der Waals surface area contributed by atoms with E-state index in [1.807, 2.05) is 36.1 Å². The fraction of sp³-hybridized carbons (Fsp3) is 0.464. The first kappa shape index (κ1) is 24.4. The second-order valence-corrected chi connectivity index (χ2v) is 10.2. The van der Waals surface area contributed by atoms with Gasteiger partial charge in [0.1, 0.15) is 11.4 Å². The van der Waals surface area contributed by atoms with E-state index >= 15 is 0 Å². The molecule has 0 radical (unpaired) electrons. The number of hydrogen-bond donors (Lipinski definition) is 1. The third-order valence-electron chi connectivity index (χ3n) is 7.80. The van der Waals surface area contributed by atoms with Crippen molar-refractivity contribution in [3.8, 4) is 0 Å². The first-order valence-electron chi connectivity index (χ1n) is 12.7. The molecule has 2 aromatic rings. The number of imide groups is 1. The molecule has 7 nitrogen and oxygen atoms in total. The van der Waals surface area contributed by atoms with Gasteiger partial charge in [-0.3, -0.25) is 14.5 Å². The van der Waals surface area contributed by atoms with E-state index in [0.717, 1.165) is 16.7 Å². The minimum atomic E-state index is -1.12. The van der Waals surface area contributed by atoms with Crippen LogP contribution in [-0.2, 0) is 27.2 Å². The molecule has 36 heavy (non-hydrogen) atoms. The van der Waals surface area contributed by atoms with E-state index in [9.17, 15) is 18.8 Å². The number of urea groups is 1. The normalized spacial score (nSPS) is 24.9. The fourth-order valence-electron chi connectivity index (χ4n) is 5.86. The molecular weight excluding hydrogens is 461 g/mol. The topological polar surface area (TPSA) is 79.0 Å². The number of likely N-dealkylation sites (tertiary alicyclic amines) is 1. The molecule has 5 rings (SSSR count). The summed E-state index contributed by atoms with van der Waals surface area (Å²) in [5.41, 5.74) is 1.77. The summed E-state index contributed by atoms with van der Waals surface area (Å²) in [5, 5.41) is 3.05. The van der Waals surface area contributed by atoms with Gasteiger partial charge in [0.2, 0.25) is 5.91 Å². The summed E-state index contributed by atoms with van der Waals surface area (Å²) in [4.78, 5) is 43.2. The van der Waals surface area contributed by atoms with Crippen molar-refractivity contribution >= 4 is 17.8 Å². The average molecular weight is 494 g/mol. The Morgan fingerprint density at radius 1 is 1.08 bits per heavy atom. The van der Waals surface area contributed by atoms with Gasteiger partial charge in [-0.2, -0.15) is 0 Å². The molecule has 0 aromatic heterocycles. The van der Waals surface area contributed by atoms with Crippen LogP contribution in [0.15, 0.2) is 48.5 Å². The summed E-state index contributed by atoms with van der Waals surface area (Å²) in [7, 11) is 0. The van der Waals surface area contributed by atoms with Crippen LogP contribution in [0, 0.1) is 18.7 Å². The van der Waals surface area contributed by atoms with Crippen molar-refractivity contribution in [3.63, 3.8) is 0 Å². The Morgan fingerprint density at radius 2 is 1.83 bits per heavy atom. The van der Waals surface area contributed by atoms with Crippen LogP contribution in [0.3, 0.4) is 0 Å². The first-order chi connectivity index (χ1) is 17.4. The van der Waals surface area contributed by atoms with Crippen molar-refractivity contribution in [3.05, 3.63) is 71.0 Å². The van der Waals surface area contributed by atoms with E-state index in [2.05, 4.69) is 5.32 Å². The smallest absolute Gasteiger partial charge is 0.325 e. The number of carbonyl (C=O) groups excluding carboxylic acids is 3. The maximum Gasteiger partial charge on any atom is 0.325 e. The Kier molecular flexibility index (Phi) is 6.79. The predicted molar refractivity (Wildman–Crippen MR) is 132 cm³/mol. The van der Waals surface area contributed by atoms with Gasteiger partial charge in [0.25, 0.3) is 5.91 Å². The molecule has 8 heteroatoms. The summed E-state index contributed by atoms with van der Waals surface area (Å²) < 4.78 is 19.0. The number of aryl methyl sites for hydroxylation is 1. The van der Waals surface area contributed by atoms with Gasteiger partial charge in [0.05, 0.1) is 19.1 Å². The zero-order valence-corrected chi connectivity index (χ0v) is 20.5. The van der Waals surface area contributed by atoms with Crippen LogP contribution in [0.1, 0.15) is 36.0 Å². The zero-order chi connectivity index (χ0) is 25.3. The van der Waals surface area contributed by atoms with Crippen LogP contribution < -0.4 is 5.32 Å². The molecule has 2 atom stereocenters. The number of nitrogens with one attached hydrogen (secondary N) is 1. The number of ether oxygens (including phenoxy) is 1. The molecule has 0 aliphatic carbocycles. The van der Waals surface area contributed by atoms with Gasteiger partial charge >= 0.3 is 6.03 Å². The highest BCUT2D eigenvalue weighted by Crippen LogP contribution is 2.38. The first-order valence-corrected chi connectivity index (χ1v) is 12.7. The third kappa shape index (κ3) is 4.74. The molecule has 0 spiro atoms. The van der Waals surface area contributed by atoms with Gasteiger partial charge in [0, 0.05) is 26.1 Å². The van der Waals surface area contributed by atoms with Gasteiger partial charge in [-0.25, -0.2) is 9.18 Å². The Labute approximate surface area is 210 Å². The lowest BCUT2D eigenvalue weighted by Crippen LogP contribution is -2.58. The van der Waals surface area contributed by atoms with Crippen molar-refractivity contribution in [1.82, 2.24) is 15.1 Å². The van der Waals surface area contributed by atoms with Crippen molar-refractivity contribution in [1.29, 1.82) is 0 Å². The summed E-state index contributed by atoms with van der Waals surface area (Å²) in [6, 6.07) is 13.4. The molecule has 3 heterocycles. The number of halogens is 1. The summed E-state index contributed by atoms with van der Waals surface area (Å²) >= 11 is 0. The minimum absolute atomic E-state index is 0.0677. The molecule has 0 unspecified atom stereocenters. The van der Waals surface area contributed by atoms with Gasteiger partial charge in [0.15, 0.2) is 0 Å².